The zero-order valence-electron chi connectivity index (χ0n) is 10.8. The minimum atomic E-state index is 0.0949. The Hall–Kier alpha value is -0.860. The topological polar surface area (TPSA) is 30.7 Å². The third-order valence-corrected chi connectivity index (χ3v) is 2.48. The van der Waals surface area contributed by atoms with Crippen molar-refractivity contribution in [1.29, 1.82) is 0 Å². The summed E-state index contributed by atoms with van der Waals surface area (Å²) >= 11 is 0. The highest BCUT2D eigenvalue weighted by Crippen LogP contribution is 2.25. The van der Waals surface area contributed by atoms with Crippen molar-refractivity contribution in [2.45, 2.75) is 65.8 Å². The highest BCUT2D eigenvalue weighted by Gasteiger charge is 2.24. The second kappa shape index (κ2) is 4.33. The molecule has 0 aliphatic heterocycles. The zero-order chi connectivity index (χ0) is 11.6. The van der Waals surface area contributed by atoms with Gasteiger partial charge in [-0.2, -0.15) is 0 Å². The molecule has 0 aliphatic rings. The molecule has 0 bridgehead atoms. The van der Waals surface area contributed by atoms with E-state index in [9.17, 15) is 0 Å². The van der Waals surface area contributed by atoms with Crippen LogP contribution >= 0.6 is 0 Å². The van der Waals surface area contributed by atoms with Gasteiger partial charge >= 0.3 is 0 Å². The molecule has 1 aromatic rings. The number of aromatic nitrogens is 3. The number of hydrogen-bond acceptors (Lipinski definition) is 2. The molecule has 1 aromatic heterocycles. The Bertz CT molecular complexity index is 318. The highest BCUT2D eigenvalue weighted by molar-refractivity contribution is 5.19. The van der Waals surface area contributed by atoms with Crippen LogP contribution in [0, 0.1) is 0 Å². The Morgan fingerprint density at radius 1 is 1.27 bits per heavy atom. The van der Waals surface area contributed by atoms with E-state index in [-0.39, 0.29) is 5.41 Å². The van der Waals surface area contributed by atoms with Crippen LogP contribution in [0.3, 0.4) is 0 Å². The van der Waals surface area contributed by atoms with Gasteiger partial charge in [-0.25, -0.2) is 4.68 Å². The van der Waals surface area contributed by atoms with E-state index >= 15 is 0 Å². The van der Waals surface area contributed by atoms with Gasteiger partial charge in [0.05, 0.1) is 11.4 Å². The summed E-state index contributed by atoms with van der Waals surface area (Å²) in [5.74, 6) is 0. The van der Waals surface area contributed by atoms with Gasteiger partial charge in [0, 0.05) is 11.5 Å². The lowest BCUT2D eigenvalue weighted by Gasteiger charge is -2.18. The molecule has 0 N–H and O–H groups in total. The molecule has 0 aliphatic carbocycles. The molecule has 0 radical (unpaired) electrons. The molecule has 0 saturated carbocycles. The first-order valence-corrected chi connectivity index (χ1v) is 5.82. The predicted octanol–water partition coefficient (Wildman–Crippen LogP) is 3.11. The Morgan fingerprint density at radius 3 is 2.27 bits per heavy atom. The molecule has 3 heteroatoms. The van der Waals surface area contributed by atoms with Gasteiger partial charge in [-0.05, 0) is 20.3 Å². The summed E-state index contributed by atoms with van der Waals surface area (Å²) in [4.78, 5) is 0. The van der Waals surface area contributed by atoms with Gasteiger partial charge in [0.25, 0.3) is 0 Å². The van der Waals surface area contributed by atoms with Crippen LogP contribution in [0.25, 0.3) is 0 Å². The Morgan fingerprint density at radius 2 is 1.87 bits per heavy atom. The predicted molar refractivity (Wildman–Crippen MR) is 63.1 cm³/mol. The Balaban J connectivity index is 3.18. The number of rotatable bonds is 3. The molecule has 0 spiro atoms. The van der Waals surface area contributed by atoms with E-state index < -0.39 is 0 Å². The van der Waals surface area contributed by atoms with Crippen molar-refractivity contribution >= 4 is 0 Å². The molecule has 0 saturated heterocycles. The van der Waals surface area contributed by atoms with E-state index in [0.29, 0.717) is 6.04 Å². The lowest BCUT2D eigenvalue weighted by Crippen LogP contribution is -2.16. The van der Waals surface area contributed by atoms with Crippen molar-refractivity contribution < 1.29 is 0 Å². The molecule has 86 valence electrons. The van der Waals surface area contributed by atoms with E-state index in [1.165, 1.54) is 5.69 Å². The summed E-state index contributed by atoms with van der Waals surface area (Å²) in [6.45, 7) is 13.1. The van der Waals surface area contributed by atoms with E-state index in [1.807, 2.05) is 0 Å². The van der Waals surface area contributed by atoms with Gasteiger partial charge in [0.1, 0.15) is 0 Å². The smallest absolute Gasteiger partial charge is 0.0912 e. The van der Waals surface area contributed by atoms with Crippen LogP contribution in [0.15, 0.2) is 0 Å². The number of hydrogen-bond donors (Lipinski definition) is 0. The molecule has 15 heavy (non-hydrogen) atoms. The first kappa shape index (κ1) is 12.2. The molecule has 0 atom stereocenters. The van der Waals surface area contributed by atoms with Crippen molar-refractivity contribution in [3.63, 3.8) is 0 Å². The average molecular weight is 209 g/mol. The van der Waals surface area contributed by atoms with Crippen molar-refractivity contribution in [3.05, 3.63) is 11.4 Å². The summed E-state index contributed by atoms with van der Waals surface area (Å²) < 4.78 is 2.06. The van der Waals surface area contributed by atoms with E-state index in [4.69, 9.17) is 0 Å². The Kier molecular flexibility index (Phi) is 3.53. The van der Waals surface area contributed by atoms with Crippen LogP contribution in [-0.2, 0) is 11.8 Å². The van der Waals surface area contributed by atoms with Crippen LogP contribution in [-0.4, -0.2) is 15.0 Å². The third-order valence-electron chi connectivity index (χ3n) is 2.48. The second-order valence-corrected chi connectivity index (χ2v) is 5.42. The van der Waals surface area contributed by atoms with Crippen LogP contribution in [0.2, 0.25) is 0 Å². The molecule has 0 fully saturated rings. The fourth-order valence-electron chi connectivity index (χ4n) is 1.78. The van der Waals surface area contributed by atoms with E-state index in [1.54, 1.807) is 0 Å². The minimum absolute atomic E-state index is 0.0949. The van der Waals surface area contributed by atoms with Gasteiger partial charge in [-0.3, -0.25) is 0 Å². The fraction of sp³-hybridized carbons (Fsp3) is 0.833. The van der Waals surface area contributed by atoms with Crippen LogP contribution in [0.1, 0.15) is 65.4 Å². The SMILES string of the molecule is CCCc1c(C(C)(C)C)nnn1C(C)C. The molecule has 1 heterocycles. The monoisotopic (exact) mass is 209 g/mol. The van der Waals surface area contributed by atoms with Gasteiger partial charge in [-0.1, -0.05) is 39.3 Å². The minimum Gasteiger partial charge on any atom is -0.247 e. The maximum absolute atomic E-state index is 4.34. The Labute approximate surface area is 92.9 Å². The lowest BCUT2D eigenvalue weighted by atomic mass is 9.89. The average Bonchev–Trinajstić information content (AvgIpc) is 2.47. The van der Waals surface area contributed by atoms with Crippen molar-refractivity contribution in [2.24, 2.45) is 0 Å². The quantitative estimate of drug-likeness (QED) is 0.765. The number of nitrogens with zero attached hydrogens (tertiary/aromatic N) is 3. The molecule has 1 rings (SSSR count). The van der Waals surface area contributed by atoms with Crippen molar-refractivity contribution in [1.82, 2.24) is 15.0 Å². The fourth-order valence-corrected chi connectivity index (χ4v) is 1.78. The zero-order valence-corrected chi connectivity index (χ0v) is 10.8. The molecular weight excluding hydrogens is 186 g/mol. The van der Waals surface area contributed by atoms with E-state index in [2.05, 4.69) is 56.5 Å². The summed E-state index contributed by atoms with van der Waals surface area (Å²) in [6.07, 6.45) is 2.21. The first-order valence-electron chi connectivity index (χ1n) is 5.82. The van der Waals surface area contributed by atoms with Gasteiger partial charge in [0.15, 0.2) is 0 Å². The van der Waals surface area contributed by atoms with E-state index in [0.717, 1.165) is 18.5 Å². The summed E-state index contributed by atoms with van der Waals surface area (Å²) in [6, 6.07) is 0.398. The van der Waals surface area contributed by atoms with Gasteiger partial charge in [-0.15, -0.1) is 5.10 Å². The van der Waals surface area contributed by atoms with Gasteiger partial charge < -0.3 is 0 Å². The van der Waals surface area contributed by atoms with Crippen molar-refractivity contribution in [2.75, 3.05) is 0 Å². The molecule has 0 unspecified atom stereocenters. The summed E-state index contributed by atoms with van der Waals surface area (Å²) in [5, 5.41) is 8.61. The third kappa shape index (κ3) is 2.58. The van der Waals surface area contributed by atoms with Crippen LogP contribution < -0.4 is 0 Å². The maximum Gasteiger partial charge on any atom is 0.0912 e. The standard InChI is InChI=1S/C12H23N3/c1-7-8-10-11(12(4,5)6)13-14-15(10)9(2)3/h9H,7-8H2,1-6H3. The van der Waals surface area contributed by atoms with Crippen molar-refractivity contribution in [3.8, 4) is 0 Å². The normalized spacial score (nSPS) is 12.5. The molecular formula is C12H23N3. The first-order chi connectivity index (χ1) is 6.88. The lowest BCUT2D eigenvalue weighted by molar-refractivity contribution is 0.491. The molecule has 0 amide bonds. The van der Waals surface area contributed by atoms with Crippen LogP contribution in [0.5, 0.6) is 0 Å². The maximum atomic E-state index is 4.34. The highest BCUT2D eigenvalue weighted by atomic mass is 15.4. The van der Waals surface area contributed by atoms with Gasteiger partial charge in [0.2, 0.25) is 0 Å². The summed E-state index contributed by atoms with van der Waals surface area (Å²) in [7, 11) is 0. The molecule has 3 nitrogen and oxygen atoms in total. The molecule has 0 aromatic carbocycles. The van der Waals surface area contributed by atoms with Crippen LogP contribution in [0.4, 0.5) is 0 Å². The largest absolute Gasteiger partial charge is 0.247 e. The second-order valence-electron chi connectivity index (χ2n) is 5.42. The summed E-state index contributed by atoms with van der Waals surface area (Å²) in [5.41, 5.74) is 2.55.